The van der Waals surface area contributed by atoms with Crippen molar-refractivity contribution in [3.63, 3.8) is 0 Å². The highest BCUT2D eigenvalue weighted by Gasteiger charge is 2.20. The van der Waals surface area contributed by atoms with Gasteiger partial charge in [-0.2, -0.15) is 0 Å². The van der Waals surface area contributed by atoms with E-state index in [1.165, 1.54) is 19.5 Å². The Morgan fingerprint density at radius 3 is 2.68 bits per heavy atom. The van der Waals surface area contributed by atoms with Gasteiger partial charge in [0, 0.05) is 19.6 Å². The highest BCUT2D eigenvalue weighted by Crippen LogP contribution is 2.14. The molecule has 112 valence electrons. The lowest BCUT2D eigenvalue weighted by Crippen LogP contribution is -2.37. The fourth-order valence-electron chi connectivity index (χ4n) is 2.24. The summed E-state index contributed by atoms with van der Waals surface area (Å²) in [6.07, 6.45) is 0.938. The van der Waals surface area contributed by atoms with Gasteiger partial charge in [-0.1, -0.05) is 6.92 Å². The summed E-state index contributed by atoms with van der Waals surface area (Å²) in [7, 11) is 0. The first-order chi connectivity index (χ1) is 8.90. The number of likely N-dealkylation sites (tertiary alicyclic amines) is 1. The fraction of sp³-hybridized carbons (Fsp3) is 0.929. The average Bonchev–Trinajstić information content (AvgIpc) is 2.74. The van der Waals surface area contributed by atoms with Crippen molar-refractivity contribution in [1.82, 2.24) is 15.5 Å². The summed E-state index contributed by atoms with van der Waals surface area (Å²) in [4.78, 5) is 13.9. The molecule has 1 heterocycles. The smallest absolute Gasteiger partial charge is 0.407 e. The van der Waals surface area contributed by atoms with Crippen LogP contribution in [0.3, 0.4) is 0 Å². The molecule has 0 bridgehead atoms. The molecule has 0 aliphatic carbocycles. The minimum absolute atomic E-state index is 0.340. The number of carbonyl (C=O) groups is 1. The minimum atomic E-state index is -0.426. The summed E-state index contributed by atoms with van der Waals surface area (Å²) in [5.41, 5.74) is -0.426. The molecule has 1 aliphatic heterocycles. The zero-order chi connectivity index (χ0) is 14.3. The van der Waals surface area contributed by atoms with Gasteiger partial charge in [-0.15, -0.1) is 0 Å². The van der Waals surface area contributed by atoms with Gasteiger partial charge in [0.25, 0.3) is 0 Å². The number of amides is 1. The van der Waals surface area contributed by atoms with E-state index in [1.54, 1.807) is 0 Å². The van der Waals surface area contributed by atoms with Crippen molar-refractivity contribution in [2.75, 3.05) is 39.3 Å². The molecule has 1 rings (SSSR count). The van der Waals surface area contributed by atoms with E-state index in [9.17, 15) is 4.79 Å². The van der Waals surface area contributed by atoms with Crippen molar-refractivity contribution < 1.29 is 9.53 Å². The maximum absolute atomic E-state index is 11.4. The molecule has 0 saturated carbocycles. The van der Waals surface area contributed by atoms with Crippen molar-refractivity contribution >= 4 is 6.09 Å². The van der Waals surface area contributed by atoms with Crippen LogP contribution in [-0.4, -0.2) is 55.9 Å². The molecular formula is C14H29N3O2. The summed E-state index contributed by atoms with van der Waals surface area (Å²) in [5, 5.41) is 6.14. The second-order valence-electron chi connectivity index (χ2n) is 6.18. The molecule has 5 heteroatoms. The minimum Gasteiger partial charge on any atom is -0.444 e. The Morgan fingerprint density at radius 2 is 2.11 bits per heavy atom. The Morgan fingerprint density at radius 1 is 1.37 bits per heavy atom. The second kappa shape index (κ2) is 7.70. The molecule has 0 spiro atoms. The van der Waals surface area contributed by atoms with Crippen LogP contribution in [-0.2, 0) is 4.74 Å². The Balaban J connectivity index is 1.98. The van der Waals surface area contributed by atoms with E-state index >= 15 is 0 Å². The van der Waals surface area contributed by atoms with E-state index in [-0.39, 0.29) is 6.09 Å². The molecule has 1 aliphatic rings. The van der Waals surface area contributed by atoms with Gasteiger partial charge < -0.3 is 20.3 Å². The van der Waals surface area contributed by atoms with Crippen LogP contribution in [0.15, 0.2) is 0 Å². The molecule has 1 atom stereocenters. The Hall–Kier alpha value is -0.810. The van der Waals surface area contributed by atoms with Gasteiger partial charge in [0.2, 0.25) is 0 Å². The van der Waals surface area contributed by atoms with E-state index in [0.29, 0.717) is 6.54 Å². The quantitative estimate of drug-likeness (QED) is 0.718. The monoisotopic (exact) mass is 271 g/mol. The predicted octanol–water partition coefficient (Wildman–Crippen LogP) is 1.44. The van der Waals surface area contributed by atoms with Crippen LogP contribution in [0.1, 0.15) is 34.1 Å². The first-order valence-electron chi connectivity index (χ1n) is 7.30. The molecule has 1 unspecified atom stereocenters. The van der Waals surface area contributed by atoms with E-state index in [1.807, 2.05) is 20.8 Å². The summed E-state index contributed by atoms with van der Waals surface area (Å²) in [6.45, 7) is 13.8. The number of hydrogen-bond donors (Lipinski definition) is 2. The van der Waals surface area contributed by atoms with Crippen LogP contribution in [0, 0.1) is 5.92 Å². The Bertz CT molecular complexity index is 276. The van der Waals surface area contributed by atoms with E-state index in [2.05, 4.69) is 22.5 Å². The summed E-state index contributed by atoms with van der Waals surface area (Å²) >= 11 is 0. The number of hydrogen-bond acceptors (Lipinski definition) is 4. The predicted molar refractivity (Wildman–Crippen MR) is 77.3 cm³/mol. The van der Waals surface area contributed by atoms with E-state index in [4.69, 9.17) is 4.74 Å². The zero-order valence-corrected chi connectivity index (χ0v) is 12.8. The average molecular weight is 271 g/mol. The lowest BCUT2D eigenvalue weighted by molar-refractivity contribution is 0.0528. The molecule has 1 amide bonds. The van der Waals surface area contributed by atoms with Gasteiger partial charge in [0.1, 0.15) is 5.60 Å². The first kappa shape index (κ1) is 16.2. The molecule has 0 aromatic carbocycles. The molecule has 1 fully saturated rings. The third kappa shape index (κ3) is 7.38. The SMILES string of the molecule is CCN1CCC(CNCCNC(=O)OC(C)(C)C)C1. The van der Waals surface area contributed by atoms with Gasteiger partial charge in [-0.3, -0.25) is 0 Å². The maximum atomic E-state index is 11.4. The third-order valence-corrected chi connectivity index (χ3v) is 3.22. The number of nitrogens with zero attached hydrogens (tertiary/aromatic N) is 1. The number of ether oxygens (including phenoxy) is 1. The van der Waals surface area contributed by atoms with Gasteiger partial charge >= 0.3 is 6.09 Å². The number of nitrogens with one attached hydrogen (secondary N) is 2. The van der Waals surface area contributed by atoms with Crippen molar-refractivity contribution in [3.8, 4) is 0 Å². The molecule has 0 aromatic rings. The van der Waals surface area contributed by atoms with Gasteiger partial charge in [-0.25, -0.2) is 4.79 Å². The highest BCUT2D eigenvalue weighted by atomic mass is 16.6. The van der Waals surface area contributed by atoms with Gasteiger partial charge in [-0.05, 0) is 52.7 Å². The third-order valence-electron chi connectivity index (χ3n) is 3.22. The largest absolute Gasteiger partial charge is 0.444 e. The summed E-state index contributed by atoms with van der Waals surface area (Å²) in [5.74, 6) is 0.751. The van der Waals surface area contributed by atoms with Gasteiger partial charge in [0.15, 0.2) is 0 Å². The van der Waals surface area contributed by atoms with Crippen molar-refractivity contribution in [2.45, 2.75) is 39.7 Å². The number of carbonyl (C=O) groups excluding carboxylic acids is 1. The molecular weight excluding hydrogens is 242 g/mol. The van der Waals surface area contributed by atoms with E-state index < -0.39 is 5.60 Å². The van der Waals surface area contributed by atoms with Crippen LogP contribution in [0.2, 0.25) is 0 Å². The summed E-state index contributed by atoms with van der Waals surface area (Å²) < 4.78 is 5.16. The summed E-state index contributed by atoms with van der Waals surface area (Å²) in [6, 6.07) is 0. The molecule has 19 heavy (non-hydrogen) atoms. The second-order valence-corrected chi connectivity index (χ2v) is 6.18. The molecule has 1 saturated heterocycles. The van der Waals surface area contributed by atoms with Crippen LogP contribution in [0.25, 0.3) is 0 Å². The maximum Gasteiger partial charge on any atom is 0.407 e. The van der Waals surface area contributed by atoms with Crippen molar-refractivity contribution in [2.24, 2.45) is 5.92 Å². The normalized spacial score (nSPS) is 20.5. The van der Waals surface area contributed by atoms with Crippen molar-refractivity contribution in [3.05, 3.63) is 0 Å². The highest BCUT2D eigenvalue weighted by molar-refractivity contribution is 5.67. The Labute approximate surface area is 117 Å². The topological polar surface area (TPSA) is 53.6 Å². The zero-order valence-electron chi connectivity index (χ0n) is 12.8. The van der Waals surface area contributed by atoms with Crippen LogP contribution < -0.4 is 10.6 Å². The van der Waals surface area contributed by atoms with E-state index in [0.717, 1.165) is 25.6 Å². The standard InChI is InChI=1S/C14H29N3O2/c1-5-17-9-6-12(11-17)10-15-7-8-16-13(18)19-14(2,3)4/h12,15H,5-11H2,1-4H3,(H,16,18). The molecule has 2 N–H and O–H groups in total. The molecule has 0 radical (unpaired) electrons. The number of alkyl carbamates (subject to hydrolysis) is 1. The first-order valence-corrected chi connectivity index (χ1v) is 7.30. The molecule has 5 nitrogen and oxygen atoms in total. The van der Waals surface area contributed by atoms with Crippen LogP contribution >= 0.6 is 0 Å². The number of rotatable bonds is 6. The van der Waals surface area contributed by atoms with Crippen LogP contribution in [0.5, 0.6) is 0 Å². The lowest BCUT2D eigenvalue weighted by Gasteiger charge is -2.19. The molecule has 0 aromatic heterocycles. The Kier molecular flexibility index (Phi) is 6.58. The fourth-order valence-corrected chi connectivity index (χ4v) is 2.24. The van der Waals surface area contributed by atoms with Gasteiger partial charge in [0.05, 0.1) is 0 Å². The van der Waals surface area contributed by atoms with Crippen LogP contribution in [0.4, 0.5) is 4.79 Å². The lowest BCUT2D eigenvalue weighted by atomic mass is 10.1. The van der Waals surface area contributed by atoms with Crippen molar-refractivity contribution in [1.29, 1.82) is 0 Å².